The van der Waals surface area contributed by atoms with Crippen molar-refractivity contribution in [2.75, 3.05) is 46.2 Å². The molecule has 8 heterocycles. The molecule has 13 rings (SSSR count). The number of nitrogens with one attached hydrogen (secondary N) is 2. The van der Waals surface area contributed by atoms with Crippen LogP contribution in [0.3, 0.4) is 0 Å². The molecule has 0 bridgehead atoms. The second-order valence-electron chi connectivity index (χ2n) is 42.9. The molecule has 21 unspecified atom stereocenters. The lowest BCUT2D eigenvalue weighted by molar-refractivity contribution is -0.391. The summed E-state index contributed by atoms with van der Waals surface area (Å²) < 4.78 is 96.5. The Labute approximate surface area is 803 Å². The normalized spacial score (nSPS) is 48.5. The van der Waals surface area contributed by atoms with Gasteiger partial charge >= 0.3 is 11.9 Å². The Morgan fingerprint density at radius 1 is 0.532 bits per heavy atom. The summed E-state index contributed by atoms with van der Waals surface area (Å²) in [6.07, 6.45) is -64.0. The summed E-state index contributed by atoms with van der Waals surface area (Å²) in [5.74, 6) is -6.83. The van der Waals surface area contributed by atoms with Gasteiger partial charge in [-0.15, -0.1) is 0 Å². The van der Waals surface area contributed by atoms with Gasteiger partial charge in [0.05, 0.1) is 107 Å². The maximum absolute atomic E-state index is 16.4. The van der Waals surface area contributed by atoms with Crippen molar-refractivity contribution in [3.8, 4) is 0 Å². The number of fused-ring (bicyclic) bond motifs is 7. The molecule has 4 saturated carbocycles. The van der Waals surface area contributed by atoms with Crippen LogP contribution < -0.4 is 10.6 Å². The number of carboxylic acid groups (broad SMARTS) is 1. The van der Waals surface area contributed by atoms with Crippen LogP contribution in [0.2, 0.25) is 0 Å². The highest BCUT2D eigenvalue weighted by molar-refractivity contribution is 5.80. The first kappa shape index (κ1) is 112. The van der Waals surface area contributed by atoms with E-state index in [1.165, 1.54) is 6.92 Å². The fourth-order valence-corrected chi connectivity index (χ4v) is 24.5. The minimum atomic E-state index is -2.27. The quantitative estimate of drug-likeness (QED) is 0.0120. The first-order valence-corrected chi connectivity index (χ1v) is 48.6. The summed E-state index contributed by atoms with van der Waals surface area (Å²) in [6.45, 7) is 15.2. The number of hydrogen-bond acceptors (Lipinski definition) is 44. The molecule has 26 N–H and O–H groups in total. The first-order chi connectivity index (χ1) is 65.3. The Morgan fingerprint density at radius 3 is 1.73 bits per heavy atom. The highest BCUT2D eigenvalue weighted by Crippen LogP contribution is 2.76. The predicted octanol–water partition coefficient (Wildman–Crippen LogP) is -7.57. The smallest absolute Gasteiger partial charge is 0.335 e. The summed E-state index contributed by atoms with van der Waals surface area (Å²) in [5, 5.41) is 273. The molecule has 13 aliphatic rings. The number of rotatable bonds is 36. The van der Waals surface area contributed by atoms with Crippen molar-refractivity contribution in [3.63, 3.8) is 0 Å². The van der Waals surface area contributed by atoms with E-state index in [-0.39, 0.29) is 56.3 Å². The van der Waals surface area contributed by atoms with Crippen LogP contribution in [0, 0.1) is 62.1 Å². The van der Waals surface area contributed by atoms with Crippen LogP contribution in [0.1, 0.15) is 172 Å². The van der Waals surface area contributed by atoms with E-state index in [9.17, 15) is 142 Å². The maximum Gasteiger partial charge on any atom is 0.335 e. The Kier molecular flexibility index (Phi) is 36.0. The summed E-state index contributed by atoms with van der Waals surface area (Å²) in [5.41, 5.74) is -7.86. The lowest BCUT2D eigenvalue weighted by atomic mass is 9.33. The zero-order valence-corrected chi connectivity index (χ0v) is 80.0. The minimum Gasteiger partial charge on any atom is -0.479 e. The van der Waals surface area contributed by atoms with Crippen LogP contribution in [0.15, 0.2) is 11.6 Å². The molecule has 12 fully saturated rings. The van der Waals surface area contributed by atoms with E-state index >= 15 is 4.79 Å². The van der Waals surface area contributed by atoms with Gasteiger partial charge in [0.25, 0.3) is 0 Å². The standard InChI is InChI=1S/C92H150N2O45/c1-12-36(3)43(93-54(105)25-40(101)23-46(37(4)13-2)128-80-64(114)59(109)49(30-97)130-80)22-39(100)24-55(106)94-56-47(28-95)129-82(73(60(56)110)137-79-66(116)62(112)69(38(5)127-79)133-78-68(118)70(45(103)32-125-78)134-84-75(119)91(123,34-99)35-126-84)139-85(122)92-21-20-86(6,7)26-42(92)41-14-15-51-87(8)18-17-53(88(9,33-98)50(87)16-19-89(51,10)90(41,11)27-52(92)104)132-83-74(138-81-65(115)61(111)58(108)48(29-96)131-81)71(67(117)72(136-83)76(120)121)135-77-63(113)57(107)44(102)31-124-77/h14,33,36-40,42-53,56-75,77-84,95-97,99-104,107-119,123H,12-13,15-32,34-35H2,1-11H3,(H,93,105)(H,94,106)(H,120,121)/t36-,37-,38?,39-,40-,42?,43-,44+,45+,46-,47?,48?,49-,50+,51?,52?,53-,56-,57-,58-,59?,60?,61-,62?,63?,64?,65?,66?,67-,68?,69-,70?,71-,72?,73?,74?,75?,77-,78-,79?,80+,81-,82-,83+,84-,87?,88+,89-,90+,91+,92+/m0/s1. The second-order valence-corrected chi connectivity index (χ2v) is 42.9. The van der Waals surface area contributed by atoms with Gasteiger partial charge in [-0.3, -0.25) is 14.4 Å². The van der Waals surface area contributed by atoms with Crippen LogP contribution in [0.5, 0.6) is 0 Å². The van der Waals surface area contributed by atoms with Gasteiger partial charge in [0.15, 0.2) is 56.2 Å². The number of carbonyl (C=O) groups excluding carboxylic acids is 4. The summed E-state index contributed by atoms with van der Waals surface area (Å²) in [4.78, 5) is 72.4. The van der Waals surface area contributed by atoms with E-state index in [2.05, 4.69) is 30.6 Å². The average molecular weight is 2000 g/mol. The van der Waals surface area contributed by atoms with Crippen LogP contribution in [-0.4, -0.2) is 450 Å². The number of aliphatic hydroxyl groups is 23. The minimum absolute atomic E-state index is 0.0183. The number of aliphatic hydroxyl groups excluding tert-OH is 22. The molecular weight excluding hydrogens is 1850 g/mol. The molecule has 5 aliphatic carbocycles. The molecule has 798 valence electrons. The zero-order chi connectivity index (χ0) is 102. The van der Waals surface area contributed by atoms with Gasteiger partial charge in [-0.25, -0.2) is 4.79 Å². The molecule has 139 heavy (non-hydrogen) atoms. The van der Waals surface area contributed by atoms with E-state index in [1.54, 1.807) is 13.8 Å². The third-order valence-corrected chi connectivity index (χ3v) is 33.6. The number of hydrogen-bond donors (Lipinski definition) is 26. The van der Waals surface area contributed by atoms with Crippen molar-refractivity contribution in [3.05, 3.63) is 11.6 Å². The van der Waals surface area contributed by atoms with Crippen molar-refractivity contribution in [2.24, 2.45) is 62.1 Å². The monoisotopic (exact) mass is 2000 g/mol. The zero-order valence-electron chi connectivity index (χ0n) is 80.0. The van der Waals surface area contributed by atoms with E-state index < -0.39 is 378 Å². The summed E-state index contributed by atoms with van der Waals surface area (Å²) in [7, 11) is 0. The first-order valence-electron chi connectivity index (χ1n) is 48.6. The molecule has 0 aromatic rings. The van der Waals surface area contributed by atoms with E-state index in [0.29, 0.717) is 44.9 Å². The highest BCUT2D eigenvalue weighted by Gasteiger charge is 2.74. The number of allylic oxidation sites excluding steroid dienone is 2. The lowest BCUT2D eigenvalue weighted by Gasteiger charge is -2.71. The van der Waals surface area contributed by atoms with Crippen molar-refractivity contribution >= 4 is 30.0 Å². The molecule has 47 nitrogen and oxygen atoms in total. The molecule has 0 spiro atoms. The SMILES string of the molecule is CC[C@H](C)[C@H](C[C@H](O)CC(=O)N[C@H]1C(CO)O[C@@H](OC(=O)[C@]23CCC(C)(C)CC2C2=CCC4C5(C)CC[C@H](O[C@@H]6OC(C(=O)O)[C@@H](O)[C@H](O[C@@H]7OC[C@@H](O)[C@H](O)C7O)C6O[C@@H]6OC(CO)[C@H](O)[C@H](O)C6O)[C@](C)(C=O)[C@@H]5CC[C@]4(C)[C@]2(C)CC3O)C(OC2OC(C)[C@H](O[C@@H]3OC[C@@H](O)C(O[C@@H]4OC[C@](O)(CO)C4O)C3O)C(O)C2O)C1O)NC(=O)C[C@@H](O)C[C@H](O[C@@H]1O[C@@H](CO)C(O)C1O)[C@@H](C)CC. The van der Waals surface area contributed by atoms with Crippen molar-refractivity contribution in [1.29, 1.82) is 0 Å². The Morgan fingerprint density at radius 2 is 1.10 bits per heavy atom. The lowest BCUT2D eigenvalue weighted by Crippen LogP contribution is -2.70. The largest absolute Gasteiger partial charge is 0.479 e. The van der Waals surface area contributed by atoms with Crippen LogP contribution in [-0.2, 0) is 99.8 Å². The summed E-state index contributed by atoms with van der Waals surface area (Å²) >= 11 is 0. The molecule has 8 aliphatic heterocycles. The van der Waals surface area contributed by atoms with Crippen LogP contribution >= 0.6 is 0 Å². The van der Waals surface area contributed by atoms with E-state index in [0.717, 1.165) is 11.9 Å². The predicted molar refractivity (Wildman–Crippen MR) is 464 cm³/mol. The third kappa shape index (κ3) is 21.8. The number of carbonyl (C=O) groups is 5. The van der Waals surface area contributed by atoms with Gasteiger partial charge in [-0.1, -0.05) is 93.7 Å². The molecule has 2 amide bonds. The molecule has 51 atom stereocenters. The van der Waals surface area contributed by atoms with Gasteiger partial charge in [0.2, 0.25) is 18.1 Å². The fourth-order valence-electron chi connectivity index (χ4n) is 24.5. The van der Waals surface area contributed by atoms with Crippen molar-refractivity contribution in [1.82, 2.24) is 10.6 Å². The van der Waals surface area contributed by atoms with Crippen molar-refractivity contribution < 1.29 is 222 Å². The molecule has 8 saturated heterocycles. The van der Waals surface area contributed by atoms with Gasteiger partial charge in [0, 0.05) is 12.5 Å². The topological polar surface area (TPSA) is 743 Å². The number of carboxylic acids is 1. The molecule has 0 aromatic heterocycles. The van der Waals surface area contributed by atoms with Crippen molar-refractivity contribution in [2.45, 2.75) is 424 Å². The van der Waals surface area contributed by atoms with Crippen LogP contribution in [0.25, 0.3) is 0 Å². The third-order valence-electron chi connectivity index (χ3n) is 33.6. The maximum atomic E-state index is 16.4. The van der Waals surface area contributed by atoms with E-state index in [4.69, 9.17) is 75.8 Å². The number of ether oxygens (including phenoxy) is 16. The highest BCUT2D eigenvalue weighted by atomic mass is 16.8. The number of esters is 1. The van der Waals surface area contributed by atoms with Gasteiger partial charge in [-0.05, 0) is 122 Å². The summed E-state index contributed by atoms with van der Waals surface area (Å²) in [6, 6.07) is -2.60. The van der Waals surface area contributed by atoms with Gasteiger partial charge < -0.3 is 214 Å². The van der Waals surface area contributed by atoms with Gasteiger partial charge in [-0.2, -0.15) is 0 Å². The fraction of sp³-hybridized carbons (Fsp3) is 0.924. The molecular formula is C92H150N2O45. The molecule has 0 aromatic carbocycles. The van der Waals surface area contributed by atoms with Gasteiger partial charge in [0.1, 0.15) is 152 Å². The number of aldehydes is 1. The number of amides is 2. The second kappa shape index (κ2) is 44.7. The van der Waals surface area contributed by atoms with E-state index in [1.807, 2.05) is 41.5 Å². The Hall–Kier alpha value is -4.23. The number of aliphatic carboxylic acids is 1. The van der Waals surface area contributed by atoms with Crippen LogP contribution in [0.4, 0.5) is 0 Å². The average Bonchev–Trinajstić information content (AvgIpc) is 1.33. The Balaban J connectivity index is 0.754. The molecule has 0 radical (unpaired) electrons. The Bertz CT molecular complexity index is 4130. The molecule has 47 heteroatoms.